The van der Waals surface area contributed by atoms with Crippen molar-refractivity contribution in [2.45, 2.75) is 0 Å². The van der Waals surface area contributed by atoms with E-state index in [0.29, 0.717) is 19.7 Å². The second-order valence-corrected chi connectivity index (χ2v) is 7.14. The van der Waals surface area contributed by atoms with E-state index in [1.165, 1.54) is 0 Å². The molecule has 0 aliphatic carbocycles. The normalized spacial score (nSPS) is 15.7. The van der Waals surface area contributed by atoms with Gasteiger partial charge < -0.3 is 9.47 Å². The zero-order valence-corrected chi connectivity index (χ0v) is 16.1. The third kappa shape index (κ3) is 4.36. The van der Waals surface area contributed by atoms with E-state index in [0.717, 1.165) is 40.3 Å². The fourth-order valence-corrected chi connectivity index (χ4v) is 3.42. The van der Waals surface area contributed by atoms with Crippen LogP contribution < -0.4 is 9.47 Å². The molecule has 2 aromatic rings. The van der Waals surface area contributed by atoms with Gasteiger partial charge in [-0.15, -0.1) is 4.91 Å². The van der Waals surface area contributed by atoms with Crippen LogP contribution in [-0.4, -0.2) is 44.2 Å². The molecule has 2 aliphatic rings. The molecule has 146 valence electrons. The van der Waals surface area contributed by atoms with Crippen LogP contribution in [0.3, 0.4) is 0 Å². The molecule has 0 N–H and O–H groups in total. The number of hydrogen-bond donors (Lipinski definition) is 0. The highest BCUT2D eigenvalue weighted by Gasteiger charge is 2.33. The molecule has 6 nitrogen and oxygen atoms in total. The quantitative estimate of drug-likeness (QED) is 0.595. The Morgan fingerprint density at radius 2 is 1.90 bits per heavy atom. The van der Waals surface area contributed by atoms with Crippen molar-refractivity contribution in [2.75, 3.05) is 33.4 Å². The molecule has 0 aromatic heterocycles. The number of likely N-dealkylation sites (tertiary alicyclic amines) is 1. The summed E-state index contributed by atoms with van der Waals surface area (Å²) >= 11 is 0. The first-order valence-corrected chi connectivity index (χ1v) is 9.36. The molecule has 2 heterocycles. The maximum Gasteiger partial charge on any atom is 0.291 e. The summed E-state index contributed by atoms with van der Waals surface area (Å²) in [4.78, 5) is 23.6. The molecular formula is C23H20N2O4. The molecule has 1 saturated heterocycles. The first kappa shape index (κ1) is 18.9. The van der Waals surface area contributed by atoms with Crippen molar-refractivity contribution in [3.8, 4) is 23.3 Å². The molecule has 0 saturated carbocycles. The molecule has 2 aliphatic heterocycles. The van der Waals surface area contributed by atoms with Gasteiger partial charge in [-0.05, 0) is 48.0 Å². The van der Waals surface area contributed by atoms with Crippen molar-refractivity contribution in [3.05, 3.63) is 69.6 Å². The lowest BCUT2D eigenvalue weighted by atomic mass is 9.97. The number of carbonyl (C=O) groups is 1. The average molecular weight is 388 g/mol. The number of ether oxygens (including phenoxy) is 2. The Morgan fingerprint density at radius 1 is 1.17 bits per heavy atom. The van der Waals surface area contributed by atoms with Gasteiger partial charge in [-0.1, -0.05) is 17.9 Å². The molecule has 1 amide bonds. The Hall–Kier alpha value is -3.43. The van der Waals surface area contributed by atoms with E-state index in [2.05, 4.69) is 28.0 Å². The zero-order valence-electron chi connectivity index (χ0n) is 16.1. The molecule has 29 heavy (non-hydrogen) atoms. The fraction of sp³-hybridized carbons (Fsp3) is 0.261. The van der Waals surface area contributed by atoms with Gasteiger partial charge >= 0.3 is 0 Å². The number of methoxy groups -OCH3 is 1. The Morgan fingerprint density at radius 3 is 2.62 bits per heavy atom. The van der Waals surface area contributed by atoms with Crippen LogP contribution in [0.5, 0.6) is 11.5 Å². The van der Waals surface area contributed by atoms with Gasteiger partial charge in [0.05, 0.1) is 13.0 Å². The first-order chi connectivity index (χ1) is 14.1. The van der Waals surface area contributed by atoms with Crippen molar-refractivity contribution in [1.82, 2.24) is 4.90 Å². The molecule has 0 radical (unpaired) electrons. The maximum atomic E-state index is 11.2. The third-order valence-corrected chi connectivity index (χ3v) is 5.05. The van der Waals surface area contributed by atoms with Crippen molar-refractivity contribution >= 4 is 12.0 Å². The lowest BCUT2D eigenvalue weighted by Crippen LogP contribution is -2.50. The minimum atomic E-state index is -0.552. The number of nitroso groups, excluding NO2 is 1. The van der Waals surface area contributed by atoms with Gasteiger partial charge in [0.1, 0.15) is 18.1 Å². The van der Waals surface area contributed by atoms with Crippen LogP contribution in [0.15, 0.2) is 53.2 Å². The van der Waals surface area contributed by atoms with Crippen LogP contribution in [0.4, 0.5) is 0 Å². The molecular weight excluding hydrogens is 368 g/mol. The molecule has 4 rings (SSSR count). The predicted molar refractivity (Wildman–Crippen MR) is 110 cm³/mol. The van der Waals surface area contributed by atoms with Gasteiger partial charge in [0, 0.05) is 41.5 Å². The topological polar surface area (TPSA) is 68.2 Å². The summed E-state index contributed by atoms with van der Waals surface area (Å²) in [5, 5.41) is 2.50. The standard InChI is InChI=1S/C23H20N2O4/c1-28-21-8-5-16(6-9-21)2-3-17-4-7-19-10-18(15-29-22(19)11-17)12-25-13-20(14-25)23(26)24-27/h4-11,20H,12-15H2,1H3. The van der Waals surface area contributed by atoms with Gasteiger partial charge in [0.2, 0.25) is 0 Å². The highest BCUT2D eigenvalue weighted by atomic mass is 16.5. The number of fused-ring (bicyclic) bond motifs is 1. The van der Waals surface area contributed by atoms with Crippen LogP contribution in [0.2, 0.25) is 0 Å². The van der Waals surface area contributed by atoms with Crippen LogP contribution in [-0.2, 0) is 4.79 Å². The predicted octanol–water partition coefficient (Wildman–Crippen LogP) is 3.10. The van der Waals surface area contributed by atoms with E-state index >= 15 is 0 Å². The van der Waals surface area contributed by atoms with E-state index in [1.54, 1.807) is 7.11 Å². The SMILES string of the molecule is COc1ccc(C#Cc2ccc3c(c2)OCC(CN2CC(C(=O)N=O)C2)=C3)cc1. The van der Waals surface area contributed by atoms with E-state index < -0.39 is 5.91 Å². The summed E-state index contributed by atoms with van der Waals surface area (Å²) < 4.78 is 11.1. The summed E-state index contributed by atoms with van der Waals surface area (Å²) in [5.74, 6) is 7.13. The van der Waals surface area contributed by atoms with Gasteiger partial charge in [-0.25, -0.2) is 0 Å². The number of nitrogens with zero attached hydrogens (tertiary/aromatic N) is 2. The van der Waals surface area contributed by atoms with E-state index in [9.17, 15) is 9.70 Å². The highest BCUT2D eigenvalue weighted by Crippen LogP contribution is 2.29. The van der Waals surface area contributed by atoms with Gasteiger partial charge in [-0.2, -0.15) is 0 Å². The minimum Gasteiger partial charge on any atom is -0.497 e. The zero-order chi connectivity index (χ0) is 20.2. The van der Waals surface area contributed by atoms with E-state index in [1.807, 2.05) is 42.5 Å². The summed E-state index contributed by atoms with van der Waals surface area (Å²) in [6, 6.07) is 13.6. The number of benzene rings is 2. The van der Waals surface area contributed by atoms with Crippen LogP contribution >= 0.6 is 0 Å². The minimum absolute atomic E-state index is 0.253. The van der Waals surface area contributed by atoms with Crippen LogP contribution in [0, 0.1) is 22.7 Å². The van der Waals surface area contributed by atoms with E-state index in [-0.39, 0.29) is 5.92 Å². The second kappa shape index (κ2) is 8.29. The molecule has 1 fully saturated rings. The molecule has 0 spiro atoms. The number of hydrogen-bond acceptors (Lipinski definition) is 5. The number of rotatable bonds is 4. The molecule has 0 bridgehead atoms. The van der Waals surface area contributed by atoms with Gasteiger partial charge in [-0.3, -0.25) is 9.69 Å². The largest absolute Gasteiger partial charge is 0.497 e. The van der Waals surface area contributed by atoms with Crippen molar-refractivity contribution in [1.29, 1.82) is 0 Å². The van der Waals surface area contributed by atoms with Crippen LogP contribution in [0.1, 0.15) is 16.7 Å². The monoisotopic (exact) mass is 388 g/mol. The Kier molecular flexibility index (Phi) is 5.41. The summed E-state index contributed by atoms with van der Waals surface area (Å²) in [6.45, 7) is 2.38. The Bertz CT molecular complexity index is 1030. The number of amides is 1. The average Bonchev–Trinajstić information content (AvgIpc) is 2.74. The molecule has 6 heteroatoms. The first-order valence-electron chi connectivity index (χ1n) is 9.36. The Labute approximate surface area is 169 Å². The summed E-state index contributed by atoms with van der Waals surface area (Å²) in [6.07, 6.45) is 2.12. The molecule has 0 atom stereocenters. The van der Waals surface area contributed by atoms with Gasteiger partial charge in [0.25, 0.3) is 5.91 Å². The lowest BCUT2D eigenvalue weighted by molar-refractivity contribution is -0.126. The molecule has 2 aromatic carbocycles. The third-order valence-electron chi connectivity index (χ3n) is 5.05. The smallest absolute Gasteiger partial charge is 0.291 e. The summed E-state index contributed by atoms with van der Waals surface area (Å²) in [7, 11) is 1.64. The second-order valence-electron chi connectivity index (χ2n) is 7.14. The summed E-state index contributed by atoms with van der Waals surface area (Å²) in [5.41, 5.74) is 3.97. The van der Waals surface area contributed by atoms with Crippen LogP contribution in [0.25, 0.3) is 6.08 Å². The van der Waals surface area contributed by atoms with Crippen molar-refractivity contribution in [3.63, 3.8) is 0 Å². The molecule has 0 unspecified atom stereocenters. The lowest BCUT2D eigenvalue weighted by Gasteiger charge is -2.37. The maximum absolute atomic E-state index is 11.2. The number of carbonyl (C=O) groups excluding carboxylic acids is 1. The van der Waals surface area contributed by atoms with Gasteiger partial charge in [0.15, 0.2) is 0 Å². The fourth-order valence-electron chi connectivity index (χ4n) is 3.42. The Balaban J connectivity index is 1.40. The van der Waals surface area contributed by atoms with Crippen molar-refractivity contribution < 1.29 is 14.3 Å². The highest BCUT2D eigenvalue weighted by molar-refractivity contribution is 5.80. The van der Waals surface area contributed by atoms with Crippen molar-refractivity contribution in [2.24, 2.45) is 11.1 Å². The van der Waals surface area contributed by atoms with E-state index in [4.69, 9.17) is 9.47 Å².